The van der Waals surface area contributed by atoms with Crippen LogP contribution in [0.1, 0.15) is 37.9 Å². The van der Waals surface area contributed by atoms with Crippen molar-refractivity contribution >= 4 is 5.91 Å². The molecule has 5 nitrogen and oxygen atoms in total. The zero-order valence-electron chi connectivity index (χ0n) is 14.8. The van der Waals surface area contributed by atoms with Crippen molar-refractivity contribution in [3.8, 4) is 0 Å². The molecule has 0 radical (unpaired) electrons. The maximum atomic E-state index is 12.2. The highest BCUT2D eigenvalue weighted by atomic mass is 16.5. The fraction of sp³-hybridized carbons (Fsp3) is 0.632. The number of amides is 1. The highest BCUT2D eigenvalue weighted by Gasteiger charge is 2.30. The van der Waals surface area contributed by atoms with Crippen LogP contribution in [0.2, 0.25) is 0 Å². The number of rotatable bonds is 8. The molecule has 2 N–H and O–H groups in total. The second-order valence-electron chi connectivity index (χ2n) is 6.54. The van der Waals surface area contributed by atoms with Gasteiger partial charge in [0.15, 0.2) is 0 Å². The van der Waals surface area contributed by atoms with Gasteiger partial charge in [0.2, 0.25) is 5.91 Å². The first-order chi connectivity index (χ1) is 11.6. The van der Waals surface area contributed by atoms with Gasteiger partial charge in [0.25, 0.3) is 0 Å². The van der Waals surface area contributed by atoms with Crippen LogP contribution < -0.4 is 5.32 Å². The lowest BCUT2D eigenvalue weighted by Crippen LogP contribution is -2.49. The second-order valence-corrected chi connectivity index (χ2v) is 6.54. The number of likely N-dealkylation sites (tertiary alicyclic amines) is 1. The predicted octanol–water partition coefficient (Wildman–Crippen LogP) is 1.97. The molecule has 1 fully saturated rings. The topological polar surface area (TPSA) is 61.8 Å². The molecule has 2 atom stereocenters. The molecule has 1 aromatic carbocycles. The molecule has 0 saturated carbocycles. The number of aliphatic hydroxyl groups is 1. The third-order valence-electron chi connectivity index (χ3n) is 4.91. The van der Waals surface area contributed by atoms with Gasteiger partial charge in [-0.3, -0.25) is 9.69 Å². The molecule has 0 aromatic heterocycles. The van der Waals surface area contributed by atoms with Crippen LogP contribution in [0.4, 0.5) is 0 Å². The van der Waals surface area contributed by atoms with E-state index in [0.29, 0.717) is 13.2 Å². The monoisotopic (exact) mass is 334 g/mol. The Bertz CT molecular complexity index is 487. The number of hydrogen-bond donors (Lipinski definition) is 2. The first-order valence-electron chi connectivity index (χ1n) is 8.87. The summed E-state index contributed by atoms with van der Waals surface area (Å²) in [6.07, 6.45) is 2.25. The van der Waals surface area contributed by atoms with E-state index in [2.05, 4.69) is 10.2 Å². The predicted molar refractivity (Wildman–Crippen MR) is 94.7 cm³/mol. The van der Waals surface area contributed by atoms with Crippen molar-refractivity contribution in [2.24, 2.45) is 5.92 Å². The van der Waals surface area contributed by atoms with Gasteiger partial charge in [-0.05, 0) is 50.8 Å². The van der Waals surface area contributed by atoms with Gasteiger partial charge in [-0.25, -0.2) is 0 Å². The summed E-state index contributed by atoms with van der Waals surface area (Å²) in [6.45, 7) is 4.97. The van der Waals surface area contributed by atoms with Crippen molar-refractivity contribution in [2.45, 2.75) is 38.3 Å². The van der Waals surface area contributed by atoms with Crippen LogP contribution in [0.15, 0.2) is 30.3 Å². The molecule has 1 saturated heterocycles. The third kappa shape index (κ3) is 5.30. The van der Waals surface area contributed by atoms with Crippen molar-refractivity contribution in [2.75, 3.05) is 33.4 Å². The summed E-state index contributed by atoms with van der Waals surface area (Å²) in [4.78, 5) is 14.4. The van der Waals surface area contributed by atoms with Crippen LogP contribution in [-0.2, 0) is 9.53 Å². The van der Waals surface area contributed by atoms with Crippen LogP contribution in [0.3, 0.4) is 0 Å². The van der Waals surface area contributed by atoms with Crippen molar-refractivity contribution in [3.05, 3.63) is 35.9 Å². The summed E-state index contributed by atoms with van der Waals surface area (Å²) in [7, 11) is 1.67. The van der Waals surface area contributed by atoms with Gasteiger partial charge in [-0.2, -0.15) is 0 Å². The van der Waals surface area contributed by atoms with Gasteiger partial charge in [0.05, 0.1) is 12.1 Å². The fourth-order valence-electron chi connectivity index (χ4n) is 3.29. The van der Waals surface area contributed by atoms with Crippen molar-refractivity contribution in [1.82, 2.24) is 10.2 Å². The Morgan fingerprint density at radius 2 is 2.00 bits per heavy atom. The Labute approximate surface area is 145 Å². The summed E-state index contributed by atoms with van der Waals surface area (Å²) < 4.78 is 4.99. The van der Waals surface area contributed by atoms with Gasteiger partial charge < -0.3 is 15.2 Å². The Morgan fingerprint density at radius 3 is 2.62 bits per heavy atom. The summed E-state index contributed by atoms with van der Waals surface area (Å²) in [5, 5.41) is 13.5. The normalized spacial score (nSPS) is 19.0. The van der Waals surface area contributed by atoms with Gasteiger partial charge in [-0.1, -0.05) is 30.3 Å². The highest BCUT2D eigenvalue weighted by molar-refractivity contribution is 5.81. The third-order valence-corrected chi connectivity index (χ3v) is 4.91. The minimum Gasteiger partial charge on any atom is -0.388 e. The van der Waals surface area contributed by atoms with E-state index in [1.54, 1.807) is 7.11 Å². The molecule has 2 unspecified atom stereocenters. The average Bonchev–Trinajstić information content (AvgIpc) is 2.64. The maximum Gasteiger partial charge on any atom is 0.237 e. The lowest BCUT2D eigenvalue weighted by Gasteiger charge is -2.37. The van der Waals surface area contributed by atoms with Crippen molar-refractivity contribution in [3.63, 3.8) is 0 Å². The van der Waals surface area contributed by atoms with Crippen molar-refractivity contribution in [1.29, 1.82) is 0 Å². The molecule has 0 aliphatic carbocycles. The summed E-state index contributed by atoms with van der Waals surface area (Å²) in [5.74, 6) is 0.341. The Hall–Kier alpha value is -1.43. The molecule has 0 bridgehead atoms. The molecule has 1 heterocycles. The number of aliphatic hydroxyl groups excluding tert-OH is 1. The number of ether oxygens (including phenoxy) is 1. The standard InChI is InChI=1S/C19H30N2O3/c1-15(19(23)20-11-6-14-24-2)21-12-9-17(10-13-21)18(22)16-7-4-3-5-8-16/h3-5,7-8,15,17-18,22H,6,9-14H2,1-2H3,(H,20,23). The number of piperidine rings is 1. The molecule has 134 valence electrons. The Morgan fingerprint density at radius 1 is 1.33 bits per heavy atom. The minimum atomic E-state index is -0.411. The molecule has 1 aliphatic heterocycles. The van der Waals surface area contributed by atoms with E-state index in [-0.39, 0.29) is 17.9 Å². The number of carbonyl (C=O) groups excluding carboxylic acids is 1. The molecule has 2 rings (SSSR count). The van der Waals surface area contributed by atoms with E-state index < -0.39 is 6.10 Å². The molecular weight excluding hydrogens is 304 g/mol. The molecule has 1 amide bonds. The van der Waals surface area contributed by atoms with Crippen LogP contribution >= 0.6 is 0 Å². The van der Waals surface area contributed by atoms with Gasteiger partial charge in [0, 0.05) is 20.3 Å². The second kappa shape index (κ2) is 9.77. The van der Waals surface area contributed by atoms with Gasteiger partial charge >= 0.3 is 0 Å². The number of carbonyl (C=O) groups is 1. The first kappa shape index (κ1) is 18.9. The summed E-state index contributed by atoms with van der Waals surface area (Å²) in [5.41, 5.74) is 0.986. The number of benzene rings is 1. The minimum absolute atomic E-state index is 0.0770. The largest absolute Gasteiger partial charge is 0.388 e. The maximum absolute atomic E-state index is 12.2. The van der Waals surface area contributed by atoms with Crippen LogP contribution in [0.5, 0.6) is 0 Å². The van der Waals surface area contributed by atoms with Crippen molar-refractivity contribution < 1.29 is 14.6 Å². The van der Waals surface area contributed by atoms with E-state index in [0.717, 1.165) is 37.9 Å². The molecule has 24 heavy (non-hydrogen) atoms. The highest BCUT2D eigenvalue weighted by Crippen LogP contribution is 2.31. The number of methoxy groups -OCH3 is 1. The lowest BCUT2D eigenvalue weighted by atomic mass is 9.87. The summed E-state index contributed by atoms with van der Waals surface area (Å²) in [6, 6.07) is 9.72. The van der Waals surface area contributed by atoms with Crippen LogP contribution in [-0.4, -0.2) is 55.3 Å². The molecule has 1 aromatic rings. The molecule has 1 aliphatic rings. The Balaban J connectivity index is 1.76. The first-order valence-corrected chi connectivity index (χ1v) is 8.87. The number of hydrogen-bond acceptors (Lipinski definition) is 4. The quantitative estimate of drug-likeness (QED) is 0.714. The molecular formula is C19H30N2O3. The van der Waals surface area contributed by atoms with Gasteiger partial charge in [0.1, 0.15) is 0 Å². The Kier molecular flexibility index (Phi) is 7.69. The van der Waals surface area contributed by atoms with E-state index in [1.807, 2.05) is 37.3 Å². The average molecular weight is 334 g/mol. The van der Waals surface area contributed by atoms with Crippen LogP contribution in [0, 0.1) is 5.92 Å². The van der Waals surface area contributed by atoms with E-state index in [9.17, 15) is 9.90 Å². The van der Waals surface area contributed by atoms with E-state index >= 15 is 0 Å². The molecule has 0 spiro atoms. The van der Waals surface area contributed by atoms with E-state index in [4.69, 9.17) is 4.74 Å². The van der Waals surface area contributed by atoms with Crippen LogP contribution in [0.25, 0.3) is 0 Å². The lowest BCUT2D eigenvalue weighted by molar-refractivity contribution is -0.126. The zero-order chi connectivity index (χ0) is 17.4. The van der Waals surface area contributed by atoms with E-state index in [1.165, 1.54) is 0 Å². The number of nitrogens with zero attached hydrogens (tertiary/aromatic N) is 1. The zero-order valence-corrected chi connectivity index (χ0v) is 14.8. The summed E-state index contributed by atoms with van der Waals surface area (Å²) >= 11 is 0. The van der Waals surface area contributed by atoms with Gasteiger partial charge in [-0.15, -0.1) is 0 Å². The fourth-order valence-corrected chi connectivity index (χ4v) is 3.29. The number of nitrogens with one attached hydrogen (secondary N) is 1. The SMILES string of the molecule is COCCCNC(=O)C(C)N1CCC(C(O)c2ccccc2)CC1. The molecule has 5 heteroatoms. The smallest absolute Gasteiger partial charge is 0.237 e.